The molecule has 0 saturated heterocycles. The van der Waals surface area contributed by atoms with Crippen molar-refractivity contribution in [2.45, 2.75) is 6.42 Å². The molecule has 0 radical (unpaired) electrons. The fourth-order valence-electron chi connectivity index (χ4n) is 2.63. The first-order valence-corrected chi connectivity index (χ1v) is 9.98. The van der Waals surface area contributed by atoms with Crippen molar-refractivity contribution in [3.63, 3.8) is 0 Å². The fourth-order valence-corrected chi connectivity index (χ4v) is 4.74. The van der Waals surface area contributed by atoms with E-state index in [4.69, 9.17) is 0 Å². The maximum Gasteiger partial charge on any atom is 0.392 e. The van der Waals surface area contributed by atoms with Gasteiger partial charge in [-0.05, 0) is 35.6 Å². The number of carbonyl (C=O) groups is 1. The molecule has 0 aliphatic heterocycles. The molecule has 2 N–H and O–H groups in total. The lowest BCUT2D eigenvalue weighted by atomic mass is 10.3. The Balaban J connectivity index is 1.55. The van der Waals surface area contributed by atoms with Crippen molar-refractivity contribution in [1.29, 1.82) is 0 Å². The van der Waals surface area contributed by atoms with E-state index in [1.807, 2.05) is 66.0 Å². The number of nitrogens with zero attached hydrogens (tertiary/aromatic N) is 2. The molecule has 2 heterocycles. The number of benzene rings is 2. The number of rotatable bonds is 5. The normalized spacial score (nSPS) is 11.3. The van der Waals surface area contributed by atoms with E-state index in [1.54, 1.807) is 10.6 Å². The number of fused-ring (bicyclic) bond motifs is 1. The van der Waals surface area contributed by atoms with E-state index >= 15 is 0 Å². The van der Waals surface area contributed by atoms with Gasteiger partial charge in [-0.1, -0.05) is 47.7 Å². The molecule has 0 bridgehead atoms. The van der Waals surface area contributed by atoms with Crippen LogP contribution in [0.5, 0.6) is 5.88 Å². The number of hydrogen-bond acceptors (Lipinski definition) is 5. The molecule has 4 rings (SSSR count). The Morgan fingerprint density at radius 3 is 2.56 bits per heavy atom. The number of para-hydroxylation sites is 2. The van der Waals surface area contributed by atoms with Crippen LogP contribution in [-0.2, 0) is 11.2 Å². The number of nitrogens with one attached hydrogen (secondary N) is 1. The van der Waals surface area contributed by atoms with Gasteiger partial charge in [0.05, 0.1) is 17.3 Å². The Kier molecular flexibility index (Phi) is 4.95. The van der Waals surface area contributed by atoms with Crippen LogP contribution in [0.3, 0.4) is 0 Å². The second-order valence-corrected chi connectivity index (χ2v) is 7.95. The zero-order valence-electron chi connectivity index (χ0n) is 14.2. The fraction of sp³-hybridized carbons (Fsp3) is 0.0500. The summed E-state index contributed by atoms with van der Waals surface area (Å²) in [6, 6.07) is 18.9. The smallest absolute Gasteiger partial charge is 0.392 e. The van der Waals surface area contributed by atoms with E-state index in [-0.39, 0.29) is 18.2 Å². The number of carbonyl (C=O) groups excluding carboxylic acids is 1. The molecule has 5 nitrogen and oxygen atoms in total. The highest BCUT2D eigenvalue weighted by atomic mass is 32.2. The van der Waals surface area contributed by atoms with Crippen LogP contribution < -0.4 is 9.72 Å². The molecule has 0 aliphatic carbocycles. The molecule has 2 aromatic heterocycles. The van der Waals surface area contributed by atoms with Gasteiger partial charge in [-0.2, -0.15) is 0 Å². The molecule has 7 heteroatoms. The number of amides is 1. The van der Waals surface area contributed by atoms with Crippen LogP contribution in [0, 0.1) is 0 Å². The molecule has 1 amide bonds. The average molecular weight is 395 g/mol. The third-order valence-electron chi connectivity index (χ3n) is 3.88. The monoisotopic (exact) mass is 394 g/mol. The van der Waals surface area contributed by atoms with Gasteiger partial charge >= 0.3 is 10.0 Å². The van der Waals surface area contributed by atoms with Crippen molar-refractivity contribution < 1.29 is 14.3 Å². The summed E-state index contributed by atoms with van der Waals surface area (Å²) in [5.41, 5.74) is 2.32. The predicted octanol–water partition coefficient (Wildman–Crippen LogP) is 4.19. The van der Waals surface area contributed by atoms with Gasteiger partial charge in [-0.15, -0.1) is 4.40 Å². The number of hydrogen-bond donors (Lipinski definition) is 2. The molecule has 2 aromatic carbocycles. The van der Waals surface area contributed by atoms with Crippen LogP contribution in [0.25, 0.3) is 4.14 Å². The molecule has 4 aromatic rings. The van der Waals surface area contributed by atoms with Crippen molar-refractivity contribution >= 4 is 50.3 Å². The first-order valence-electron chi connectivity index (χ1n) is 8.28. The van der Waals surface area contributed by atoms with E-state index in [9.17, 15) is 9.90 Å². The topological polar surface area (TPSA) is 65.8 Å². The Hall–Kier alpha value is -3.03. The first kappa shape index (κ1) is 17.4. The van der Waals surface area contributed by atoms with Gasteiger partial charge in [0.2, 0.25) is 11.6 Å². The van der Waals surface area contributed by atoms with Gasteiger partial charge in [-0.3, -0.25) is 9.79 Å². The van der Waals surface area contributed by atoms with Gasteiger partial charge < -0.3 is 10.4 Å². The SMILES string of the molecule is O=C(Cc1csc2sc(C=Nc3ccccc3)c(O)[n+]12)Nc1ccccc1. The zero-order valence-corrected chi connectivity index (χ0v) is 15.8. The summed E-state index contributed by atoms with van der Waals surface area (Å²) in [5, 5.41) is 15.4. The molecular weight excluding hydrogens is 378 g/mol. The minimum absolute atomic E-state index is 0.110. The van der Waals surface area contributed by atoms with Crippen LogP contribution in [0.2, 0.25) is 0 Å². The summed E-state index contributed by atoms with van der Waals surface area (Å²) in [6.07, 6.45) is 1.84. The largest absolute Gasteiger partial charge is 0.458 e. The van der Waals surface area contributed by atoms with Gasteiger partial charge in [-0.25, -0.2) is 0 Å². The summed E-state index contributed by atoms with van der Waals surface area (Å²) < 4.78 is 2.62. The van der Waals surface area contributed by atoms with Gasteiger partial charge in [0.25, 0.3) is 0 Å². The average Bonchev–Trinajstić information content (AvgIpc) is 3.22. The molecule has 0 fully saturated rings. The highest BCUT2D eigenvalue weighted by Crippen LogP contribution is 2.27. The van der Waals surface area contributed by atoms with Crippen molar-refractivity contribution in [2.75, 3.05) is 5.32 Å². The second kappa shape index (κ2) is 7.69. The van der Waals surface area contributed by atoms with Crippen molar-refractivity contribution in [2.24, 2.45) is 4.99 Å². The third kappa shape index (κ3) is 3.89. The maximum absolute atomic E-state index is 12.3. The maximum atomic E-state index is 12.3. The molecule has 27 heavy (non-hydrogen) atoms. The van der Waals surface area contributed by atoms with Crippen molar-refractivity contribution in [3.05, 3.63) is 76.6 Å². The van der Waals surface area contributed by atoms with E-state index in [0.29, 0.717) is 4.88 Å². The van der Waals surface area contributed by atoms with Crippen molar-refractivity contribution in [3.8, 4) is 5.88 Å². The van der Waals surface area contributed by atoms with Gasteiger partial charge in [0, 0.05) is 5.69 Å². The lowest BCUT2D eigenvalue weighted by Gasteiger charge is -2.01. The molecular formula is C20H16N3O2S2+. The Morgan fingerprint density at radius 1 is 1.11 bits per heavy atom. The Bertz CT molecular complexity index is 1100. The van der Waals surface area contributed by atoms with E-state index in [1.165, 1.54) is 22.7 Å². The molecule has 0 atom stereocenters. The van der Waals surface area contributed by atoms with E-state index in [2.05, 4.69) is 10.3 Å². The van der Waals surface area contributed by atoms with Gasteiger partial charge in [0.1, 0.15) is 6.42 Å². The summed E-state index contributed by atoms with van der Waals surface area (Å²) in [6.45, 7) is 0. The molecule has 0 spiro atoms. The van der Waals surface area contributed by atoms with E-state index < -0.39 is 0 Å². The number of aliphatic imine (C=N–C) groups is 1. The third-order valence-corrected chi connectivity index (χ3v) is 6.06. The summed E-state index contributed by atoms with van der Waals surface area (Å²) in [4.78, 5) is 17.4. The molecule has 0 aliphatic rings. The van der Waals surface area contributed by atoms with Crippen LogP contribution >= 0.6 is 22.7 Å². The highest BCUT2D eigenvalue weighted by Gasteiger charge is 2.26. The number of aromatic nitrogens is 1. The number of anilines is 1. The number of thiazole rings is 2. The summed E-state index contributed by atoms with van der Waals surface area (Å²) in [5.74, 6) is -0.0167. The van der Waals surface area contributed by atoms with Gasteiger partial charge in [0.15, 0.2) is 4.88 Å². The minimum Gasteiger partial charge on any atom is -0.458 e. The molecule has 0 saturated carbocycles. The Morgan fingerprint density at radius 2 is 1.81 bits per heavy atom. The van der Waals surface area contributed by atoms with E-state index in [0.717, 1.165) is 21.2 Å². The highest BCUT2D eigenvalue weighted by molar-refractivity contribution is 7.35. The number of aromatic hydroxyl groups is 1. The lowest BCUT2D eigenvalue weighted by molar-refractivity contribution is -0.522. The minimum atomic E-state index is -0.126. The van der Waals surface area contributed by atoms with Crippen LogP contribution in [0.4, 0.5) is 11.4 Å². The zero-order chi connectivity index (χ0) is 18.6. The molecule has 0 unspecified atom stereocenters. The summed E-state index contributed by atoms with van der Waals surface area (Å²) in [7, 11) is 0. The molecule has 134 valence electrons. The standard InChI is InChI=1S/C20H15N3O2S2/c24-18(22-15-9-5-2-6-10-15)11-16-13-26-20-23(16)19(25)17(27-20)12-21-14-7-3-1-4-8-14/h1-10,12-13H,11H2,(H-,21,22,24,25)/p+1. The van der Waals surface area contributed by atoms with Crippen molar-refractivity contribution in [1.82, 2.24) is 0 Å². The van der Waals surface area contributed by atoms with Crippen LogP contribution in [0.15, 0.2) is 71.0 Å². The second-order valence-electron chi connectivity index (χ2n) is 5.80. The summed E-state index contributed by atoms with van der Waals surface area (Å²) >= 11 is 2.94. The first-order chi connectivity index (χ1) is 13.2. The quantitative estimate of drug-likeness (QED) is 0.394. The van der Waals surface area contributed by atoms with Crippen LogP contribution in [-0.4, -0.2) is 17.2 Å². The lowest BCUT2D eigenvalue weighted by Crippen LogP contribution is -2.26. The van der Waals surface area contributed by atoms with Crippen LogP contribution in [0.1, 0.15) is 10.6 Å². The predicted molar refractivity (Wildman–Crippen MR) is 109 cm³/mol. The Labute approximate surface area is 163 Å².